The number of anilines is 2. The molecule has 2 unspecified atom stereocenters. The van der Waals surface area contributed by atoms with E-state index in [0.29, 0.717) is 12.2 Å². The Morgan fingerprint density at radius 3 is 2.62 bits per heavy atom. The summed E-state index contributed by atoms with van der Waals surface area (Å²) in [5, 5.41) is 0. The molecule has 2 saturated heterocycles. The largest absolute Gasteiger partial charge is 0.397 e. The Morgan fingerprint density at radius 2 is 2.00 bits per heavy atom. The lowest BCUT2D eigenvalue weighted by molar-refractivity contribution is 0.0302. The molecule has 3 rings (SSSR count). The molecule has 0 spiro atoms. The molecule has 1 aromatic rings. The van der Waals surface area contributed by atoms with Gasteiger partial charge in [-0.15, -0.1) is 0 Å². The summed E-state index contributed by atoms with van der Waals surface area (Å²) < 4.78 is 5.81. The van der Waals surface area contributed by atoms with Crippen LogP contribution in [0.2, 0.25) is 0 Å². The summed E-state index contributed by atoms with van der Waals surface area (Å²) in [6.45, 7) is 3.88. The number of hydrogen-bond donors (Lipinski definition) is 1. The Morgan fingerprint density at radius 1 is 1.31 bits per heavy atom. The predicted molar refractivity (Wildman–Crippen MR) is 63.5 cm³/mol. The molecule has 1 aromatic heterocycles. The molecule has 4 heteroatoms. The van der Waals surface area contributed by atoms with Crippen LogP contribution in [0.25, 0.3) is 0 Å². The van der Waals surface area contributed by atoms with Gasteiger partial charge in [-0.25, -0.2) is 4.98 Å². The van der Waals surface area contributed by atoms with E-state index in [2.05, 4.69) is 9.88 Å². The molecule has 0 aromatic carbocycles. The van der Waals surface area contributed by atoms with E-state index in [1.807, 2.05) is 19.1 Å². The predicted octanol–water partition coefficient (Wildman–Crippen LogP) is 1.34. The molecule has 2 fully saturated rings. The van der Waals surface area contributed by atoms with Gasteiger partial charge in [0.2, 0.25) is 0 Å². The number of nitrogens with zero attached hydrogens (tertiary/aromatic N) is 2. The third-order valence-electron chi connectivity index (χ3n) is 3.48. The number of nitrogen functional groups attached to an aromatic ring is 1. The lowest BCUT2D eigenvalue weighted by Gasteiger charge is -2.33. The topological polar surface area (TPSA) is 51.4 Å². The molecule has 2 aliphatic rings. The minimum absolute atomic E-state index is 0.401. The fourth-order valence-electron chi connectivity index (χ4n) is 2.54. The van der Waals surface area contributed by atoms with E-state index in [0.717, 1.165) is 30.3 Å². The smallest absolute Gasteiger partial charge is 0.129 e. The van der Waals surface area contributed by atoms with E-state index in [1.165, 1.54) is 12.8 Å². The highest BCUT2D eigenvalue weighted by Crippen LogP contribution is 2.29. The quantitative estimate of drug-likeness (QED) is 0.774. The van der Waals surface area contributed by atoms with Crippen molar-refractivity contribution < 1.29 is 4.74 Å². The van der Waals surface area contributed by atoms with Crippen LogP contribution in [0.5, 0.6) is 0 Å². The van der Waals surface area contributed by atoms with Crippen LogP contribution in [0.3, 0.4) is 0 Å². The van der Waals surface area contributed by atoms with Crippen LogP contribution in [-0.4, -0.2) is 30.3 Å². The molecule has 16 heavy (non-hydrogen) atoms. The second kappa shape index (κ2) is 3.63. The van der Waals surface area contributed by atoms with Crippen LogP contribution >= 0.6 is 0 Å². The molecule has 2 aliphatic heterocycles. The number of rotatable bonds is 1. The number of nitrogens with two attached hydrogens (primary N) is 1. The van der Waals surface area contributed by atoms with Crippen LogP contribution in [0.15, 0.2) is 12.1 Å². The van der Waals surface area contributed by atoms with E-state index in [-0.39, 0.29) is 0 Å². The van der Waals surface area contributed by atoms with Crippen molar-refractivity contribution in [3.05, 3.63) is 17.8 Å². The molecule has 2 bridgehead atoms. The fourth-order valence-corrected chi connectivity index (χ4v) is 2.54. The van der Waals surface area contributed by atoms with Gasteiger partial charge in [0.15, 0.2) is 0 Å². The van der Waals surface area contributed by atoms with E-state index in [1.54, 1.807) is 0 Å². The molecule has 0 aliphatic carbocycles. The lowest BCUT2D eigenvalue weighted by atomic mass is 10.2. The SMILES string of the molecule is Cc1nc(N2CC3CCC(C2)O3)ccc1N. The molecule has 86 valence electrons. The maximum Gasteiger partial charge on any atom is 0.129 e. The van der Waals surface area contributed by atoms with E-state index < -0.39 is 0 Å². The maximum atomic E-state index is 5.81. The van der Waals surface area contributed by atoms with Gasteiger partial charge in [0, 0.05) is 13.1 Å². The van der Waals surface area contributed by atoms with Gasteiger partial charge in [0.05, 0.1) is 23.6 Å². The van der Waals surface area contributed by atoms with Gasteiger partial charge in [-0.05, 0) is 31.9 Å². The zero-order valence-electron chi connectivity index (χ0n) is 9.52. The first kappa shape index (κ1) is 9.90. The van der Waals surface area contributed by atoms with Gasteiger partial charge in [-0.3, -0.25) is 0 Å². The van der Waals surface area contributed by atoms with Gasteiger partial charge >= 0.3 is 0 Å². The van der Waals surface area contributed by atoms with E-state index >= 15 is 0 Å². The Bertz CT molecular complexity index is 395. The van der Waals surface area contributed by atoms with Gasteiger partial charge in [-0.2, -0.15) is 0 Å². The van der Waals surface area contributed by atoms with Crippen molar-refractivity contribution in [1.82, 2.24) is 4.98 Å². The number of aromatic nitrogens is 1. The number of pyridine rings is 1. The molecule has 0 saturated carbocycles. The van der Waals surface area contributed by atoms with Crippen molar-refractivity contribution in [1.29, 1.82) is 0 Å². The van der Waals surface area contributed by atoms with Crippen LogP contribution in [-0.2, 0) is 4.74 Å². The third-order valence-corrected chi connectivity index (χ3v) is 3.48. The second-order valence-corrected chi connectivity index (χ2v) is 4.71. The first-order valence-electron chi connectivity index (χ1n) is 5.86. The molecule has 2 atom stereocenters. The summed E-state index contributed by atoms with van der Waals surface area (Å²) in [6, 6.07) is 3.95. The van der Waals surface area contributed by atoms with Crippen molar-refractivity contribution in [2.24, 2.45) is 0 Å². The maximum absolute atomic E-state index is 5.81. The first-order chi connectivity index (χ1) is 7.72. The van der Waals surface area contributed by atoms with Crippen LogP contribution < -0.4 is 10.6 Å². The highest BCUT2D eigenvalue weighted by Gasteiger charge is 2.34. The molecule has 0 amide bonds. The Hall–Kier alpha value is -1.29. The molecule has 0 radical (unpaired) electrons. The molecule has 3 heterocycles. The summed E-state index contributed by atoms with van der Waals surface area (Å²) in [4.78, 5) is 6.86. The average molecular weight is 219 g/mol. The lowest BCUT2D eigenvalue weighted by Crippen LogP contribution is -2.43. The average Bonchev–Trinajstić information content (AvgIpc) is 2.62. The molecule has 4 nitrogen and oxygen atoms in total. The minimum Gasteiger partial charge on any atom is -0.397 e. The monoisotopic (exact) mass is 219 g/mol. The number of aryl methyl sites for hydroxylation is 1. The minimum atomic E-state index is 0.401. The van der Waals surface area contributed by atoms with Crippen LogP contribution in [0.1, 0.15) is 18.5 Å². The van der Waals surface area contributed by atoms with Crippen molar-refractivity contribution in [3.63, 3.8) is 0 Å². The van der Waals surface area contributed by atoms with Crippen LogP contribution in [0.4, 0.5) is 11.5 Å². The van der Waals surface area contributed by atoms with Crippen molar-refractivity contribution in [2.75, 3.05) is 23.7 Å². The van der Waals surface area contributed by atoms with Crippen molar-refractivity contribution >= 4 is 11.5 Å². The number of fused-ring (bicyclic) bond motifs is 2. The molecular formula is C12H17N3O. The zero-order valence-corrected chi connectivity index (χ0v) is 9.52. The van der Waals surface area contributed by atoms with Gasteiger partial charge < -0.3 is 15.4 Å². The summed E-state index contributed by atoms with van der Waals surface area (Å²) in [6.07, 6.45) is 3.18. The van der Waals surface area contributed by atoms with Gasteiger partial charge in [-0.1, -0.05) is 0 Å². The Labute approximate surface area is 95.4 Å². The standard InChI is InChI=1S/C12H17N3O/c1-8-11(13)4-5-12(14-8)15-6-9-2-3-10(7-15)16-9/h4-5,9-10H,2-3,6-7,13H2,1H3. The summed E-state index contributed by atoms with van der Waals surface area (Å²) in [7, 11) is 0. The first-order valence-corrected chi connectivity index (χ1v) is 5.86. The van der Waals surface area contributed by atoms with Gasteiger partial charge in [0.25, 0.3) is 0 Å². The van der Waals surface area contributed by atoms with Crippen molar-refractivity contribution in [2.45, 2.75) is 32.0 Å². The fraction of sp³-hybridized carbons (Fsp3) is 0.583. The van der Waals surface area contributed by atoms with Crippen molar-refractivity contribution in [3.8, 4) is 0 Å². The summed E-state index contributed by atoms with van der Waals surface area (Å²) >= 11 is 0. The Kier molecular flexibility index (Phi) is 2.24. The number of ether oxygens (including phenoxy) is 1. The highest BCUT2D eigenvalue weighted by atomic mass is 16.5. The summed E-state index contributed by atoms with van der Waals surface area (Å²) in [5.74, 6) is 1.03. The normalized spacial score (nSPS) is 28.4. The summed E-state index contributed by atoms with van der Waals surface area (Å²) in [5.41, 5.74) is 7.46. The number of hydrogen-bond acceptors (Lipinski definition) is 4. The molecule has 2 N–H and O–H groups in total. The zero-order chi connectivity index (χ0) is 11.1. The Balaban J connectivity index is 1.84. The van der Waals surface area contributed by atoms with Crippen LogP contribution in [0, 0.1) is 6.92 Å². The highest BCUT2D eigenvalue weighted by molar-refractivity contribution is 5.50. The number of morpholine rings is 1. The van der Waals surface area contributed by atoms with E-state index in [4.69, 9.17) is 10.5 Å². The molecular weight excluding hydrogens is 202 g/mol. The van der Waals surface area contributed by atoms with E-state index in [9.17, 15) is 0 Å². The third kappa shape index (κ3) is 1.63. The van der Waals surface area contributed by atoms with Gasteiger partial charge in [0.1, 0.15) is 5.82 Å². The second-order valence-electron chi connectivity index (χ2n) is 4.71.